The highest BCUT2D eigenvalue weighted by Crippen LogP contribution is 2.25. The number of hydrogen-bond donors (Lipinski definition) is 2. The molecule has 8 nitrogen and oxygen atoms in total. The number of para-hydroxylation sites is 2. The summed E-state index contributed by atoms with van der Waals surface area (Å²) in [4.78, 5) is 34.4. The number of amides is 2. The highest BCUT2D eigenvalue weighted by atomic mass is 16.6. The van der Waals surface area contributed by atoms with E-state index < -0.39 is 10.8 Å². The molecule has 0 atom stereocenters. The van der Waals surface area contributed by atoms with Gasteiger partial charge in [0.15, 0.2) is 12.4 Å². The van der Waals surface area contributed by atoms with Gasteiger partial charge in [0.1, 0.15) is 0 Å². The summed E-state index contributed by atoms with van der Waals surface area (Å²) in [7, 11) is 0. The van der Waals surface area contributed by atoms with Crippen molar-refractivity contribution in [3.63, 3.8) is 0 Å². The molecule has 8 heteroatoms. The van der Waals surface area contributed by atoms with Crippen molar-refractivity contribution in [2.75, 3.05) is 11.9 Å². The summed E-state index contributed by atoms with van der Waals surface area (Å²) >= 11 is 0. The lowest BCUT2D eigenvalue weighted by Gasteiger charge is -2.09. The summed E-state index contributed by atoms with van der Waals surface area (Å²) in [6.07, 6.45) is 1.98. The Bertz CT molecular complexity index is 848. The van der Waals surface area contributed by atoms with Crippen LogP contribution in [0.1, 0.15) is 23.2 Å². The van der Waals surface area contributed by atoms with Gasteiger partial charge in [-0.15, -0.1) is 0 Å². The van der Waals surface area contributed by atoms with Crippen molar-refractivity contribution in [2.24, 2.45) is 0 Å². The molecular weight excluding hydrogens is 338 g/mol. The summed E-state index contributed by atoms with van der Waals surface area (Å²) in [6, 6.07) is 12.6. The molecule has 1 aliphatic carbocycles. The zero-order valence-electron chi connectivity index (χ0n) is 13.8. The second-order valence-electron chi connectivity index (χ2n) is 5.89. The minimum atomic E-state index is -0.574. The van der Waals surface area contributed by atoms with Gasteiger partial charge in [0.25, 0.3) is 11.8 Å². The topological polar surface area (TPSA) is 111 Å². The molecule has 0 aliphatic heterocycles. The maximum atomic E-state index is 12.0. The molecule has 1 fully saturated rings. The number of nitrogens with zero attached hydrogens (tertiary/aromatic N) is 1. The first-order valence-corrected chi connectivity index (χ1v) is 8.10. The van der Waals surface area contributed by atoms with Crippen LogP contribution >= 0.6 is 0 Å². The Kier molecular flexibility index (Phi) is 5.12. The van der Waals surface area contributed by atoms with E-state index in [-0.39, 0.29) is 30.0 Å². The van der Waals surface area contributed by atoms with E-state index in [0.717, 1.165) is 12.8 Å². The predicted molar refractivity (Wildman–Crippen MR) is 94.2 cm³/mol. The van der Waals surface area contributed by atoms with Crippen molar-refractivity contribution in [1.29, 1.82) is 0 Å². The number of anilines is 1. The lowest BCUT2D eigenvalue weighted by Crippen LogP contribution is -2.25. The van der Waals surface area contributed by atoms with Crippen molar-refractivity contribution in [2.45, 2.75) is 18.9 Å². The monoisotopic (exact) mass is 355 g/mol. The Labute approximate surface area is 149 Å². The lowest BCUT2D eigenvalue weighted by molar-refractivity contribution is -0.385. The van der Waals surface area contributed by atoms with Gasteiger partial charge in [-0.3, -0.25) is 19.7 Å². The molecule has 2 aromatic carbocycles. The first-order valence-electron chi connectivity index (χ1n) is 8.10. The van der Waals surface area contributed by atoms with Crippen molar-refractivity contribution in [3.05, 3.63) is 64.2 Å². The Morgan fingerprint density at radius 2 is 1.92 bits per heavy atom. The molecule has 2 aromatic rings. The zero-order chi connectivity index (χ0) is 18.5. The molecule has 2 N–H and O–H groups in total. The molecular formula is C18H17N3O5. The van der Waals surface area contributed by atoms with Crippen LogP contribution in [0.15, 0.2) is 48.5 Å². The lowest BCUT2D eigenvalue weighted by atomic mass is 10.2. The second kappa shape index (κ2) is 7.64. The standard InChI is InChI=1S/C18H17N3O5/c22-17(11-26-16-7-2-1-6-15(16)21(24)25)19-14-5-3-4-12(10-14)18(23)20-13-8-9-13/h1-7,10,13H,8-9,11H2,(H,19,22)(H,20,23). The summed E-state index contributed by atoms with van der Waals surface area (Å²) in [5.41, 5.74) is 0.693. The number of hydrogen-bond acceptors (Lipinski definition) is 5. The van der Waals surface area contributed by atoms with Gasteiger partial charge in [-0.2, -0.15) is 0 Å². The van der Waals surface area contributed by atoms with Crippen LogP contribution in [-0.2, 0) is 4.79 Å². The summed E-state index contributed by atoms with van der Waals surface area (Å²) < 4.78 is 5.24. The number of nitrogens with one attached hydrogen (secondary N) is 2. The molecule has 0 unspecified atom stereocenters. The van der Waals surface area contributed by atoms with E-state index in [2.05, 4.69) is 10.6 Å². The number of carbonyl (C=O) groups excluding carboxylic acids is 2. The highest BCUT2D eigenvalue weighted by Gasteiger charge is 2.23. The third-order valence-corrected chi connectivity index (χ3v) is 3.74. The summed E-state index contributed by atoms with van der Waals surface area (Å²) in [5, 5.41) is 16.4. The van der Waals surface area contributed by atoms with Crippen LogP contribution in [0.3, 0.4) is 0 Å². The van der Waals surface area contributed by atoms with Gasteiger partial charge in [0.2, 0.25) is 0 Å². The van der Waals surface area contributed by atoms with Crippen LogP contribution in [0.2, 0.25) is 0 Å². The van der Waals surface area contributed by atoms with E-state index >= 15 is 0 Å². The minimum Gasteiger partial charge on any atom is -0.477 e. The van der Waals surface area contributed by atoms with E-state index in [9.17, 15) is 19.7 Å². The molecule has 0 saturated heterocycles. The Morgan fingerprint density at radius 1 is 1.15 bits per heavy atom. The summed E-state index contributed by atoms with van der Waals surface area (Å²) in [5.74, 6) is -0.645. The fourth-order valence-electron chi connectivity index (χ4n) is 2.31. The number of ether oxygens (including phenoxy) is 1. The predicted octanol–water partition coefficient (Wildman–Crippen LogP) is 2.50. The van der Waals surface area contributed by atoms with Crippen molar-refractivity contribution in [1.82, 2.24) is 5.32 Å². The second-order valence-corrected chi connectivity index (χ2v) is 5.89. The molecule has 134 valence electrons. The first kappa shape index (κ1) is 17.4. The molecule has 0 radical (unpaired) electrons. The third-order valence-electron chi connectivity index (χ3n) is 3.74. The summed E-state index contributed by atoms with van der Waals surface area (Å²) in [6.45, 7) is -0.386. The van der Waals surface area contributed by atoms with E-state index in [1.807, 2.05) is 0 Å². The van der Waals surface area contributed by atoms with E-state index in [1.165, 1.54) is 18.2 Å². The largest absolute Gasteiger partial charge is 0.477 e. The number of rotatable bonds is 7. The van der Waals surface area contributed by atoms with E-state index in [4.69, 9.17) is 4.74 Å². The number of benzene rings is 2. The van der Waals surface area contributed by atoms with Crippen LogP contribution in [0.4, 0.5) is 11.4 Å². The van der Waals surface area contributed by atoms with E-state index in [1.54, 1.807) is 30.3 Å². The molecule has 0 spiro atoms. The number of nitro benzene ring substituents is 1. The van der Waals surface area contributed by atoms with Gasteiger partial charge >= 0.3 is 5.69 Å². The van der Waals surface area contributed by atoms with Crippen molar-refractivity contribution in [3.8, 4) is 5.75 Å². The Hall–Kier alpha value is -3.42. The molecule has 26 heavy (non-hydrogen) atoms. The zero-order valence-corrected chi connectivity index (χ0v) is 13.8. The Balaban J connectivity index is 1.58. The van der Waals surface area contributed by atoms with Gasteiger partial charge in [-0.25, -0.2) is 0 Å². The minimum absolute atomic E-state index is 0.0187. The molecule has 0 heterocycles. The Morgan fingerprint density at radius 3 is 2.65 bits per heavy atom. The smallest absolute Gasteiger partial charge is 0.310 e. The third kappa shape index (κ3) is 4.56. The normalized spacial score (nSPS) is 12.9. The average molecular weight is 355 g/mol. The van der Waals surface area contributed by atoms with Crippen LogP contribution in [-0.4, -0.2) is 29.4 Å². The molecule has 1 aliphatic rings. The fourth-order valence-corrected chi connectivity index (χ4v) is 2.31. The molecule has 0 aromatic heterocycles. The van der Waals surface area contributed by atoms with Gasteiger partial charge < -0.3 is 15.4 Å². The fraction of sp³-hybridized carbons (Fsp3) is 0.222. The quantitative estimate of drug-likeness (QED) is 0.586. The van der Waals surface area contributed by atoms with Gasteiger partial charge in [-0.05, 0) is 37.1 Å². The van der Waals surface area contributed by atoms with Gasteiger partial charge in [-0.1, -0.05) is 18.2 Å². The SMILES string of the molecule is O=C(COc1ccccc1[N+](=O)[O-])Nc1cccc(C(=O)NC2CC2)c1. The molecule has 1 saturated carbocycles. The number of nitro groups is 1. The van der Waals surface area contributed by atoms with Crippen molar-refractivity contribution < 1.29 is 19.2 Å². The van der Waals surface area contributed by atoms with E-state index in [0.29, 0.717) is 11.3 Å². The molecule has 2 amide bonds. The van der Waals surface area contributed by atoms with Crippen LogP contribution in [0.25, 0.3) is 0 Å². The maximum Gasteiger partial charge on any atom is 0.310 e. The van der Waals surface area contributed by atoms with Gasteiger partial charge in [0.05, 0.1) is 4.92 Å². The maximum absolute atomic E-state index is 12.0. The van der Waals surface area contributed by atoms with Gasteiger partial charge in [0, 0.05) is 23.4 Å². The van der Waals surface area contributed by atoms with Crippen LogP contribution in [0.5, 0.6) is 5.75 Å². The van der Waals surface area contributed by atoms with Crippen LogP contribution < -0.4 is 15.4 Å². The molecule has 0 bridgehead atoms. The van der Waals surface area contributed by atoms with Crippen LogP contribution in [0, 0.1) is 10.1 Å². The number of carbonyl (C=O) groups is 2. The average Bonchev–Trinajstić information content (AvgIpc) is 3.44. The van der Waals surface area contributed by atoms with Crippen molar-refractivity contribution >= 4 is 23.2 Å². The molecule has 3 rings (SSSR count). The first-order chi connectivity index (χ1) is 12.5. The highest BCUT2D eigenvalue weighted by molar-refractivity contribution is 5.97.